The molecule has 1 atom stereocenters. The van der Waals surface area contributed by atoms with E-state index >= 15 is 0 Å². The van der Waals surface area contributed by atoms with Gasteiger partial charge in [-0.3, -0.25) is 14.4 Å². The minimum Gasteiger partial charge on any atom is -0.462 e. The van der Waals surface area contributed by atoms with E-state index in [0.29, 0.717) is 19.3 Å². The van der Waals surface area contributed by atoms with Gasteiger partial charge in [0.2, 0.25) is 0 Å². The zero-order chi connectivity index (χ0) is 55.0. The van der Waals surface area contributed by atoms with E-state index in [-0.39, 0.29) is 31.1 Å². The Bertz CT molecular complexity index is 1310. The number of hydrogen-bond donors (Lipinski definition) is 0. The predicted octanol–water partition coefficient (Wildman–Crippen LogP) is 22.9. The quantitative estimate of drug-likeness (QED) is 0.0261. The molecule has 0 fully saturated rings. The van der Waals surface area contributed by atoms with Gasteiger partial charge in [-0.2, -0.15) is 0 Å². The third-order valence-corrected chi connectivity index (χ3v) is 15.0. The van der Waals surface area contributed by atoms with Gasteiger partial charge in [0.1, 0.15) is 13.2 Å². The van der Waals surface area contributed by atoms with Crippen LogP contribution in [0.2, 0.25) is 0 Å². The summed E-state index contributed by atoms with van der Waals surface area (Å²) in [7, 11) is 0. The lowest BCUT2D eigenvalue weighted by molar-refractivity contribution is -0.167. The van der Waals surface area contributed by atoms with Gasteiger partial charge >= 0.3 is 17.9 Å². The van der Waals surface area contributed by atoms with Crippen LogP contribution in [0.25, 0.3) is 0 Å². The van der Waals surface area contributed by atoms with Gasteiger partial charge in [-0.05, 0) is 96.3 Å². The van der Waals surface area contributed by atoms with Crippen LogP contribution >= 0.6 is 0 Å². The highest BCUT2D eigenvalue weighted by molar-refractivity contribution is 5.71. The summed E-state index contributed by atoms with van der Waals surface area (Å²) >= 11 is 0. The van der Waals surface area contributed by atoms with Crippen LogP contribution in [0.15, 0.2) is 48.6 Å². The van der Waals surface area contributed by atoms with Gasteiger partial charge in [0, 0.05) is 19.3 Å². The van der Waals surface area contributed by atoms with Crippen LogP contribution < -0.4 is 0 Å². The fourth-order valence-electron chi connectivity index (χ4n) is 9.94. The van der Waals surface area contributed by atoms with Crippen molar-refractivity contribution in [2.45, 2.75) is 367 Å². The Kier molecular flexibility index (Phi) is 62.6. The highest BCUT2D eigenvalue weighted by atomic mass is 16.6. The van der Waals surface area contributed by atoms with E-state index in [2.05, 4.69) is 69.4 Å². The van der Waals surface area contributed by atoms with Crippen molar-refractivity contribution in [2.24, 2.45) is 0 Å². The zero-order valence-electron chi connectivity index (χ0n) is 51.0. The van der Waals surface area contributed by atoms with Crippen molar-refractivity contribution < 1.29 is 28.6 Å². The molecule has 0 aromatic rings. The first-order valence-corrected chi connectivity index (χ1v) is 33.6. The summed E-state index contributed by atoms with van der Waals surface area (Å²) in [6.45, 7) is 6.60. The first-order valence-electron chi connectivity index (χ1n) is 33.6. The molecule has 0 radical (unpaired) electrons. The molecule has 0 aliphatic heterocycles. The maximum atomic E-state index is 12.9. The van der Waals surface area contributed by atoms with Crippen molar-refractivity contribution in [1.29, 1.82) is 0 Å². The zero-order valence-corrected chi connectivity index (χ0v) is 51.0. The molecule has 0 rings (SSSR count). The molecule has 0 aliphatic carbocycles. The predicted molar refractivity (Wildman–Crippen MR) is 330 cm³/mol. The molecule has 0 aliphatic rings. The minimum absolute atomic E-state index is 0.0738. The van der Waals surface area contributed by atoms with Crippen molar-refractivity contribution in [2.75, 3.05) is 13.2 Å². The lowest BCUT2D eigenvalue weighted by Crippen LogP contribution is -2.30. The van der Waals surface area contributed by atoms with Crippen molar-refractivity contribution in [3.05, 3.63) is 48.6 Å². The van der Waals surface area contributed by atoms with Crippen LogP contribution in [0.5, 0.6) is 0 Å². The van der Waals surface area contributed by atoms with E-state index in [9.17, 15) is 14.4 Å². The van der Waals surface area contributed by atoms with E-state index in [0.717, 1.165) is 77.0 Å². The Morgan fingerprint density at radius 1 is 0.263 bits per heavy atom. The van der Waals surface area contributed by atoms with Gasteiger partial charge in [0.05, 0.1) is 0 Å². The Balaban J connectivity index is 4.09. The number of ether oxygens (including phenoxy) is 3. The number of carbonyl (C=O) groups excluding carboxylic acids is 3. The molecule has 0 aromatic heterocycles. The molecule has 1 unspecified atom stereocenters. The van der Waals surface area contributed by atoms with Gasteiger partial charge in [0.25, 0.3) is 0 Å². The Hall–Kier alpha value is -2.63. The normalized spacial score (nSPS) is 12.3. The van der Waals surface area contributed by atoms with E-state index in [1.165, 1.54) is 244 Å². The lowest BCUT2D eigenvalue weighted by atomic mass is 10.0. The number of esters is 3. The number of rotatable bonds is 62. The molecule has 76 heavy (non-hydrogen) atoms. The summed E-state index contributed by atoms with van der Waals surface area (Å²) in [5.41, 5.74) is 0. The Morgan fingerprint density at radius 2 is 0.500 bits per heavy atom. The molecule has 0 bridgehead atoms. The second-order valence-corrected chi connectivity index (χ2v) is 22.7. The SMILES string of the molecule is CCC/C=C\CCCCCCCC(=O)OCC(COC(=O)CCCCCCCCCCCCCCCCCCCCC/C=C\C/C=C\CCCCCCC)OC(=O)CCCCCCCCC/C=C\CCCCCCCC. The number of carbonyl (C=O) groups is 3. The van der Waals surface area contributed by atoms with Gasteiger partial charge < -0.3 is 14.2 Å². The molecule has 6 nitrogen and oxygen atoms in total. The third kappa shape index (κ3) is 62.2. The first kappa shape index (κ1) is 73.4. The standard InChI is InChI=1S/C70H128O6/c1-4-7-10-13-16-19-22-24-26-28-29-30-31-32-33-34-35-36-37-38-39-40-41-43-44-46-48-51-54-57-60-63-69(72)75-66-67(65-74-68(71)62-59-56-53-50-21-18-15-12-9-6-3)76-70(73)64-61-58-55-52-49-47-45-42-27-25-23-20-17-14-11-8-5-2/h12,15,22,24-25,27-29,67H,4-11,13-14,16-21,23,26,30-66H2,1-3H3/b15-12-,24-22-,27-25-,29-28-. The summed E-state index contributed by atoms with van der Waals surface area (Å²) in [5.74, 6) is -0.870. The van der Waals surface area contributed by atoms with Crippen LogP contribution in [0.3, 0.4) is 0 Å². The monoisotopic (exact) mass is 1060 g/mol. The maximum Gasteiger partial charge on any atom is 0.306 e. The molecular formula is C70H128O6. The van der Waals surface area contributed by atoms with Crippen molar-refractivity contribution in [1.82, 2.24) is 0 Å². The summed E-state index contributed by atoms with van der Waals surface area (Å²) in [4.78, 5) is 38.2. The fourth-order valence-corrected chi connectivity index (χ4v) is 9.94. The summed E-state index contributed by atoms with van der Waals surface area (Å²) in [5, 5.41) is 0. The van der Waals surface area contributed by atoms with E-state index in [1.807, 2.05) is 0 Å². The molecule has 0 spiro atoms. The largest absolute Gasteiger partial charge is 0.462 e. The van der Waals surface area contributed by atoms with Crippen LogP contribution in [-0.4, -0.2) is 37.2 Å². The second-order valence-electron chi connectivity index (χ2n) is 22.7. The molecular weight excluding hydrogens is 937 g/mol. The van der Waals surface area contributed by atoms with Gasteiger partial charge in [0.15, 0.2) is 6.10 Å². The summed E-state index contributed by atoms with van der Waals surface area (Å²) in [6.07, 6.45) is 81.5. The Labute approximate surface area is 473 Å². The minimum atomic E-state index is -0.776. The molecule has 0 amide bonds. The number of unbranched alkanes of at least 4 members (excludes halogenated alkanes) is 43. The molecule has 6 heteroatoms. The van der Waals surface area contributed by atoms with Crippen molar-refractivity contribution in [3.8, 4) is 0 Å². The summed E-state index contributed by atoms with van der Waals surface area (Å²) in [6, 6.07) is 0. The van der Waals surface area contributed by atoms with Crippen molar-refractivity contribution >= 4 is 17.9 Å². The fraction of sp³-hybridized carbons (Fsp3) is 0.843. The highest BCUT2D eigenvalue weighted by Gasteiger charge is 2.19. The van der Waals surface area contributed by atoms with Crippen LogP contribution in [0, 0.1) is 0 Å². The molecule has 0 saturated carbocycles. The molecule has 444 valence electrons. The van der Waals surface area contributed by atoms with E-state index < -0.39 is 6.10 Å². The average molecular weight is 1070 g/mol. The van der Waals surface area contributed by atoms with Crippen LogP contribution in [0.4, 0.5) is 0 Å². The molecule has 0 aromatic carbocycles. The second kappa shape index (κ2) is 64.9. The van der Waals surface area contributed by atoms with E-state index in [4.69, 9.17) is 14.2 Å². The topological polar surface area (TPSA) is 78.9 Å². The maximum absolute atomic E-state index is 12.9. The Morgan fingerprint density at radius 3 is 0.789 bits per heavy atom. The molecule has 0 saturated heterocycles. The van der Waals surface area contributed by atoms with Crippen LogP contribution in [0.1, 0.15) is 361 Å². The van der Waals surface area contributed by atoms with Gasteiger partial charge in [-0.25, -0.2) is 0 Å². The van der Waals surface area contributed by atoms with E-state index in [1.54, 1.807) is 0 Å². The number of allylic oxidation sites excluding steroid dienone is 8. The smallest absolute Gasteiger partial charge is 0.306 e. The van der Waals surface area contributed by atoms with Crippen LogP contribution in [-0.2, 0) is 28.6 Å². The van der Waals surface area contributed by atoms with Crippen molar-refractivity contribution in [3.63, 3.8) is 0 Å². The average Bonchev–Trinajstić information content (AvgIpc) is 3.42. The first-order chi connectivity index (χ1) is 37.5. The molecule has 0 N–H and O–H groups in total. The summed E-state index contributed by atoms with van der Waals surface area (Å²) < 4.78 is 16.9. The van der Waals surface area contributed by atoms with Gasteiger partial charge in [-0.15, -0.1) is 0 Å². The number of hydrogen-bond acceptors (Lipinski definition) is 6. The third-order valence-electron chi connectivity index (χ3n) is 15.0. The molecule has 0 heterocycles. The van der Waals surface area contributed by atoms with Gasteiger partial charge in [-0.1, -0.05) is 294 Å². The lowest BCUT2D eigenvalue weighted by Gasteiger charge is -2.18. The highest BCUT2D eigenvalue weighted by Crippen LogP contribution is 2.18.